The van der Waals surface area contributed by atoms with Crippen molar-refractivity contribution in [2.45, 2.75) is 158 Å². The van der Waals surface area contributed by atoms with Gasteiger partial charge in [-0.1, -0.05) is 107 Å². The quantitative estimate of drug-likeness (QED) is 0.0204. The van der Waals surface area contributed by atoms with Gasteiger partial charge in [-0.15, -0.1) is 0 Å². The molecule has 0 spiro atoms. The summed E-state index contributed by atoms with van der Waals surface area (Å²) in [5.74, 6) is 9.74. The van der Waals surface area contributed by atoms with E-state index < -0.39 is 0 Å². The van der Waals surface area contributed by atoms with E-state index in [2.05, 4.69) is 119 Å². The van der Waals surface area contributed by atoms with Crippen LogP contribution >= 0.6 is 63.7 Å². The summed E-state index contributed by atoms with van der Waals surface area (Å²) in [6.07, 6.45) is 14.9. The number of methoxy groups -OCH3 is 8. The number of halogens is 4. The van der Waals surface area contributed by atoms with Gasteiger partial charge in [-0.25, -0.2) is 0 Å². The Balaban J connectivity index is 0.000000233. The summed E-state index contributed by atoms with van der Waals surface area (Å²) in [7, 11) is 13.4. The fraction of sp³-hybridized carbons (Fsp3) is 0.500. The molecule has 0 aromatic heterocycles. The second-order valence-corrected chi connectivity index (χ2v) is 27.8. The number of hydrogen-bond acceptors (Lipinski definition) is 16. The minimum Gasteiger partial charge on any atom is -0.493 e. The molecule has 100 heavy (non-hydrogen) atoms. The fourth-order valence-electron chi connectivity index (χ4n) is 13.0. The molecule has 10 rings (SSSR count). The molecule has 0 aliphatic carbocycles. The number of rotatable bonds is 40. The smallest absolute Gasteiger partial charge is 0.176 e. The number of unbranched alkanes of at least 4 members (excludes halogenated alkanes) is 8. The molecule has 0 fully saturated rings. The Morgan fingerprint density at radius 1 is 0.200 bits per heavy atom. The van der Waals surface area contributed by atoms with Crippen molar-refractivity contribution in [2.24, 2.45) is 0 Å². The normalized spacial score (nSPS) is 11.6. The van der Waals surface area contributed by atoms with Crippen LogP contribution in [0.15, 0.2) is 42.2 Å². The van der Waals surface area contributed by atoms with Crippen LogP contribution in [0.1, 0.15) is 158 Å². The fourth-order valence-corrected chi connectivity index (χ4v) is 15.6. The highest BCUT2D eigenvalue weighted by Crippen LogP contribution is 2.65. The number of hydrogen-bond donors (Lipinski definition) is 0. The van der Waals surface area contributed by atoms with Crippen LogP contribution < -0.4 is 75.8 Å². The molecule has 20 heteroatoms. The summed E-state index contributed by atoms with van der Waals surface area (Å²) in [6.45, 7) is 21.3. The molecule has 544 valence electrons. The van der Waals surface area contributed by atoms with Gasteiger partial charge in [-0.3, -0.25) is 0 Å². The summed E-state index contributed by atoms with van der Waals surface area (Å²) in [4.78, 5) is 0. The zero-order valence-corrected chi connectivity index (χ0v) is 67.7. The topological polar surface area (TPSA) is 148 Å². The summed E-state index contributed by atoms with van der Waals surface area (Å²) >= 11 is 15.8. The second-order valence-electron chi connectivity index (χ2n) is 24.6. The van der Waals surface area contributed by atoms with Crippen molar-refractivity contribution in [2.75, 3.05) is 110 Å². The lowest BCUT2D eigenvalue weighted by Crippen LogP contribution is -2.07. The van der Waals surface area contributed by atoms with Crippen LogP contribution in [0.25, 0.3) is 86.2 Å². The third-order valence-electron chi connectivity index (χ3n) is 18.1. The van der Waals surface area contributed by atoms with Gasteiger partial charge in [-0.2, -0.15) is 0 Å². The van der Waals surface area contributed by atoms with Gasteiger partial charge in [-0.05, 0) is 139 Å². The Hall–Kier alpha value is -6.48. The SMILES string of the molecule is CCCCOc1c(OC)cc2c(Br)c(OC)c(OCCCC)c3c4c(OCCCC)c(OC)cc5c(Br)c(OC)c(OCCCC)c(c1c23)c54.CCCCOc1c(OC)cc2c(Br)c(OC)c(OCCCC)c3c4c(OCCCC)c(OC)cc5c(Br)c(OC)c(OCCCC)c(c1c23)c54. The second kappa shape index (κ2) is 36.6. The molecule has 0 amide bonds. The maximum atomic E-state index is 6.76. The maximum absolute atomic E-state index is 6.76. The Morgan fingerprint density at radius 2 is 0.350 bits per heavy atom. The predicted octanol–water partition coefficient (Wildman–Crippen LogP) is 24.0. The van der Waals surface area contributed by atoms with Gasteiger partial charge in [0.05, 0.1) is 128 Å². The van der Waals surface area contributed by atoms with Gasteiger partial charge in [0.1, 0.15) is 0 Å². The lowest BCUT2D eigenvalue weighted by molar-refractivity contribution is 0.288. The molecule has 0 atom stereocenters. The van der Waals surface area contributed by atoms with Crippen molar-refractivity contribution < 1.29 is 75.8 Å². The number of fused-ring (bicyclic) bond motifs is 4. The van der Waals surface area contributed by atoms with E-state index in [-0.39, 0.29) is 0 Å². The average molecular weight is 1640 g/mol. The van der Waals surface area contributed by atoms with Crippen LogP contribution in [0, 0.1) is 0 Å². The van der Waals surface area contributed by atoms with Crippen LogP contribution in [-0.4, -0.2) is 110 Å². The van der Waals surface area contributed by atoms with Crippen molar-refractivity contribution in [1.82, 2.24) is 0 Å². The molecule has 0 radical (unpaired) electrons. The molecule has 0 saturated heterocycles. The molecule has 0 aliphatic heterocycles. The first-order valence-electron chi connectivity index (χ1n) is 35.6. The zero-order chi connectivity index (χ0) is 71.9. The van der Waals surface area contributed by atoms with Crippen LogP contribution in [0.2, 0.25) is 0 Å². The summed E-state index contributed by atoms with van der Waals surface area (Å²) < 4.78 is 106. The van der Waals surface area contributed by atoms with E-state index in [9.17, 15) is 0 Å². The summed E-state index contributed by atoms with van der Waals surface area (Å²) in [5, 5.41) is 13.8. The van der Waals surface area contributed by atoms with Gasteiger partial charge < -0.3 is 75.8 Å². The van der Waals surface area contributed by atoms with E-state index in [1.165, 1.54) is 0 Å². The molecule has 0 saturated carbocycles. The van der Waals surface area contributed by atoms with E-state index >= 15 is 0 Å². The summed E-state index contributed by atoms with van der Waals surface area (Å²) in [5.41, 5.74) is 0. The van der Waals surface area contributed by atoms with Crippen molar-refractivity contribution in [1.29, 1.82) is 0 Å². The van der Waals surface area contributed by atoms with Crippen LogP contribution in [-0.2, 0) is 0 Å². The van der Waals surface area contributed by atoms with E-state index in [4.69, 9.17) is 75.8 Å². The van der Waals surface area contributed by atoms with Crippen molar-refractivity contribution >= 4 is 150 Å². The largest absolute Gasteiger partial charge is 0.493 e. The lowest BCUT2D eigenvalue weighted by atomic mass is 9.86. The Morgan fingerprint density at radius 3 is 0.490 bits per heavy atom. The molecule has 0 unspecified atom stereocenters. The van der Waals surface area contributed by atoms with Gasteiger partial charge >= 0.3 is 0 Å². The first kappa shape index (κ1) is 77.7. The molecule has 10 aromatic rings. The minimum atomic E-state index is 0.507. The average Bonchev–Trinajstić information content (AvgIpc) is 0.689. The highest BCUT2D eigenvalue weighted by atomic mass is 79.9. The summed E-state index contributed by atoms with van der Waals surface area (Å²) in [6, 6.07) is 8.05. The van der Waals surface area contributed by atoms with Crippen molar-refractivity contribution in [3.05, 3.63) is 42.2 Å². The molecule has 10 aromatic carbocycles. The first-order valence-corrected chi connectivity index (χ1v) is 38.7. The minimum absolute atomic E-state index is 0.507. The zero-order valence-electron chi connectivity index (χ0n) is 61.3. The van der Waals surface area contributed by atoms with Gasteiger partial charge in [0.2, 0.25) is 0 Å². The van der Waals surface area contributed by atoms with Gasteiger partial charge in [0.25, 0.3) is 0 Å². The van der Waals surface area contributed by atoms with Crippen LogP contribution in [0.5, 0.6) is 92.0 Å². The van der Waals surface area contributed by atoms with Crippen molar-refractivity contribution in [3.8, 4) is 92.0 Å². The molecule has 0 aliphatic rings. The molecule has 0 heterocycles. The molecule has 0 N–H and O–H groups in total. The Bertz CT molecular complexity index is 3840. The first-order chi connectivity index (χ1) is 48.8. The predicted molar refractivity (Wildman–Crippen MR) is 422 cm³/mol. The highest BCUT2D eigenvalue weighted by molar-refractivity contribution is 9.11. The third kappa shape index (κ3) is 14.7. The molecular weight excluding hydrogens is 1540 g/mol. The Labute approximate surface area is 623 Å². The van der Waals surface area contributed by atoms with Crippen LogP contribution in [0.3, 0.4) is 0 Å². The highest BCUT2D eigenvalue weighted by Gasteiger charge is 2.37. The standard InChI is InChI=1S/2C40H50Br2O8/c2*1-9-13-17-47-35-25(43-5)21-23-27-29(35)31-28-24(34(42)39(45-7)37(31)49-19-15-11-3)22-26(44-6)36(48-18-14-10-2)30(28)32(27)38(50-20-16-12-4)40(46-8)33(23)41/h2*21-22H,9-20H2,1-8H3. The van der Waals surface area contributed by atoms with Gasteiger partial charge in [0, 0.05) is 86.2 Å². The van der Waals surface area contributed by atoms with Gasteiger partial charge in [0.15, 0.2) is 92.0 Å². The monoisotopic (exact) mass is 1630 g/mol. The van der Waals surface area contributed by atoms with Crippen molar-refractivity contribution in [3.63, 3.8) is 0 Å². The molecule has 0 bridgehead atoms. The van der Waals surface area contributed by atoms with E-state index in [0.717, 1.165) is 207 Å². The lowest BCUT2D eigenvalue weighted by Gasteiger charge is -2.27. The number of ether oxygens (including phenoxy) is 16. The maximum Gasteiger partial charge on any atom is 0.176 e. The van der Waals surface area contributed by atoms with Crippen LogP contribution in [0.4, 0.5) is 0 Å². The molecular formula is C80H100Br4O16. The van der Waals surface area contributed by atoms with E-state index in [1.807, 2.05) is 24.3 Å². The van der Waals surface area contributed by atoms with E-state index in [1.54, 1.807) is 56.9 Å². The number of benzene rings is 10. The third-order valence-corrected chi connectivity index (χ3v) is 21.3. The molecule has 16 nitrogen and oxygen atoms in total. The Kier molecular flexibility index (Phi) is 28.4. The van der Waals surface area contributed by atoms with E-state index in [0.29, 0.717) is 145 Å².